The van der Waals surface area contributed by atoms with Gasteiger partial charge in [0, 0.05) is 24.7 Å². The maximum absolute atomic E-state index is 13.0. The van der Waals surface area contributed by atoms with Gasteiger partial charge in [0.25, 0.3) is 5.91 Å². The fourth-order valence-corrected chi connectivity index (χ4v) is 5.77. The molecule has 7 heteroatoms. The summed E-state index contributed by atoms with van der Waals surface area (Å²) in [6.45, 7) is 5.21. The minimum absolute atomic E-state index is 0.00494. The molecule has 150 valence electrons. The van der Waals surface area contributed by atoms with Crippen molar-refractivity contribution >= 4 is 15.9 Å². The third kappa shape index (κ3) is 5.09. The van der Waals surface area contributed by atoms with Gasteiger partial charge in [-0.3, -0.25) is 4.79 Å². The molecule has 2 aliphatic rings. The Hall–Kier alpha value is -1.44. The molecule has 2 N–H and O–H groups in total. The highest BCUT2D eigenvalue weighted by Gasteiger charge is 2.31. The first-order valence-corrected chi connectivity index (χ1v) is 11.5. The highest BCUT2D eigenvalue weighted by atomic mass is 32.2. The maximum atomic E-state index is 13.0. The molecule has 0 saturated carbocycles. The van der Waals surface area contributed by atoms with E-state index in [1.165, 1.54) is 18.9 Å². The Kier molecular flexibility index (Phi) is 6.89. The highest BCUT2D eigenvalue weighted by Crippen LogP contribution is 2.25. The number of nitrogens with zero attached hydrogens (tertiary/aromatic N) is 1. The molecule has 2 unspecified atom stereocenters. The number of nitrogens with one attached hydrogen (secondary N) is 2. The first kappa shape index (κ1) is 20.3. The van der Waals surface area contributed by atoms with Gasteiger partial charge < -0.3 is 10.6 Å². The molecule has 0 spiro atoms. The average Bonchev–Trinajstić information content (AvgIpc) is 2.69. The lowest BCUT2D eigenvalue weighted by Crippen LogP contribution is -2.42. The Balaban J connectivity index is 1.62. The van der Waals surface area contributed by atoms with E-state index in [0.717, 1.165) is 38.8 Å². The summed E-state index contributed by atoms with van der Waals surface area (Å²) in [6.07, 6.45) is 6.17. The van der Waals surface area contributed by atoms with Crippen LogP contribution in [-0.4, -0.2) is 50.9 Å². The van der Waals surface area contributed by atoms with Crippen molar-refractivity contribution in [2.45, 2.75) is 56.4 Å². The second-order valence-corrected chi connectivity index (χ2v) is 9.64. The summed E-state index contributed by atoms with van der Waals surface area (Å²) < 4.78 is 27.5. The minimum Gasteiger partial charge on any atom is -0.352 e. The van der Waals surface area contributed by atoms with Gasteiger partial charge in [0.2, 0.25) is 10.0 Å². The summed E-state index contributed by atoms with van der Waals surface area (Å²) in [4.78, 5) is 12.7. The smallest absolute Gasteiger partial charge is 0.251 e. The molecule has 1 aromatic rings. The van der Waals surface area contributed by atoms with Crippen molar-refractivity contribution in [1.82, 2.24) is 14.9 Å². The molecule has 2 aliphatic heterocycles. The Morgan fingerprint density at radius 1 is 1.26 bits per heavy atom. The van der Waals surface area contributed by atoms with Gasteiger partial charge in [-0.1, -0.05) is 12.5 Å². The fraction of sp³-hybridized carbons (Fsp3) is 0.650. The van der Waals surface area contributed by atoms with Gasteiger partial charge in [-0.2, -0.15) is 4.31 Å². The van der Waals surface area contributed by atoms with Crippen LogP contribution in [0.4, 0.5) is 0 Å². The third-order valence-electron chi connectivity index (χ3n) is 5.68. The van der Waals surface area contributed by atoms with E-state index in [0.29, 0.717) is 24.6 Å². The molecule has 2 atom stereocenters. The molecular weight excluding hydrogens is 362 g/mol. The second kappa shape index (κ2) is 9.17. The van der Waals surface area contributed by atoms with E-state index < -0.39 is 10.0 Å². The van der Waals surface area contributed by atoms with Gasteiger partial charge in [0.05, 0.1) is 4.90 Å². The quantitative estimate of drug-likeness (QED) is 0.778. The molecule has 2 saturated heterocycles. The predicted octanol–water partition coefficient (Wildman–Crippen LogP) is 2.37. The van der Waals surface area contributed by atoms with Crippen molar-refractivity contribution in [3.63, 3.8) is 0 Å². The Bertz CT molecular complexity index is 745. The number of hydrogen-bond donors (Lipinski definition) is 2. The SMILES string of the molecule is CC1CCCCN1S(=O)(=O)c1cccc(C(=O)NCCC2CCCNC2)c1. The zero-order chi connectivity index (χ0) is 19.3. The van der Waals surface area contributed by atoms with Crippen molar-refractivity contribution < 1.29 is 13.2 Å². The van der Waals surface area contributed by atoms with E-state index >= 15 is 0 Å². The van der Waals surface area contributed by atoms with Crippen LogP contribution in [0.25, 0.3) is 0 Å². The van der Waals surface area contributed by atoms with Crippen molar-refractivity contribution in [3.05, 3.63) is 29.8 Å². The normalized spacial score (nSPS) is 24.5. The van der Waals surface area contributed by atoms with Crippen LogP contribution in [0.5, 0.6) is 0 Å². The van der Waals surface area contributed by atoms with E-state index in [2.05, 4.69) is 10.6 Å². The Labute approximate surface area is 162 Å². The van der Waals surface area contributed by atoms with E-state index in [4.69, 9.17) is 0 Å². The number of sulfonamides is 1. The van der Waals surface area contributed by atoms with E-state index in [1.807, 2.05) is 6.92 Å². The number of amides is 1. The van der Waals surface area contributed by atoms with Crippen LogP contribution in [0, 0.1) is 5.92 Å². The fourth-order valence-electron chi connectivity index (χ4n) is 4.02. The molecule has 0 radical (unpaired) electrons. The van der Waals surface area contributed by atoms with Gasteiger partial charge in [-0.15, -0.1) is 0 Å². The lowest BCUT2D eigenvalue weighted by atomic mass is 9.96. The monoisotopic (exact) mass is 393 g/mol. The van der Waals surface area contributed by atoms with E-state index in [9.17, 15) is 13.2 Å². The van der Waals surface area contributed by atoms with Crippen molar-refractivity contribution in [2.24, 2.45) is 5.92 Å². The van der Waals surface area contributed by atoms with Gasteiger partial charge in [0.15, 0.2) is 0 Å². The van der Waals surface area contributed by atoms with Crippen molar-refractivity contribution in [3.8, 4) is 0 Å². The number of carbonyl (C=O) groups is 1. The first-order valence-electron chi connectivity index (χ1n) is 10.1. The molecular formula is C20H31N3O3S. The summed E-state index contributed by atoms with van der Waals surface area (Å²) in [7, 11) is -3.56. The summed E-state index contributed by atoms with van der Waals surface area (Å²) >= 11 is 0. The van der Waals surface area contributed by atoms with Gasteiger partial charge >= 0.3 is 0 Å². The summed E-state index contributed by atoms with van der Waals surface area (Å²) in [5.74, 6) is 0.397. The summed E-state index contributed by atoms with van der Waals surface area (Å²) in [5, 5.41) is 6.32. The molecule has 27 heavy (non-hydrogen) atoms. The zero-order valence-electron chi connectivity index (χ0n) is 16.1. The molecule has 0 aliphatic carbocycles. The van der Waals surface area contributed by atoms with Gasteiger partial charge in [-0.05, 0) is 76.2 Å². The lowest BCUT2D eigenvalue weighted by molar-refractivity contribution is 0.0950. The highest BCUT2D eigenvalue weighted by molar-refractivity contribution is 7.89. The maximum Gasteiger partial charge on any atom is 0.251 e. The molecule has 3 rings (SSSR count). The minimum atomic E-state index is -3.56. The van der Waals surface area contributed by atoms with Crippen LogP contribution >= 0.6 is 0 Å². The molecule has 1 aromatic carbocycles. The average molecular weight is 394 g/mol. The summed E-state index contributed by atoms with van der Waals surface area (Å²) in [5.41, 5.74) is 0.405. The number of benzene rings is 1. The topological polar surface area (TPSA) is 78.5 Å². The number of rotatable bonds is 6. The van der Waals surface area contributed by atoms with Crippen LogP contribution < -0.4 is 10.6 Å². The van der Waals surface area contributed by atoms with Crippen LogP contribution in [0.2, 0.25) is 0 Å². The zero-order valence-corrected chi connectivity index (χ0v) is 16.9. The molecule has 0 bridgehead atoms. The van der Waals surface area contributed by atoms with Crippen LogP contribution in [0.3, 0.4) is 0 Å². The Morgan fingerprint density at radius 2 is 2.11 bits per heavy atom. The van der Waals surface area contributed by atoms with E-state index in [-0.39, 0.29) is 16.8 Å². The van der Waals surface area contributed by atoms with Gasteiger partial charge in [0.1, 0.15) is 0 Å². The van der Waals surface area contributed by atoms with Crippen LogP contribution in [0.15, 0.2) is 29.2 Å². The van der Waals surface area contributed by atoms with Crippen molar-refractivity contribution in [2.75, 3.05) is 26.2 Å². The van der Waals surface area contributed by atoms with Gasteiger partial charge in [-0.25, -0.2) is 8.42 Å². The lowest BCUT2D eigenvalue weighted by Gasteiger charge is -2.32. The second-order valence-electron chi connectivity index (χ2n) is 7.75. The first-order chi connectivity index (χ1) is 13.0. The third-order valence-corrected chi connectivity index (χ3v) is 7.69. The molecule has 1 amide bonds. The number of piperidine rings is 2. The molecule has 0 aromatic heterocycles. The van der Waals surface area contributed by atoms with Crippen LogP contribution in [0.1, 0.15) is 55.8 Å². The molecule has 6 nitrogen and oxygen atoms in total. The number of carbonyl (C=O) groups excluding carboxylic acids is 1. The molecule has 2 heterocycles. The largest absolute Gasteiger partial charge is 0.352 e. The van der Waals surface area contributed by atoms with Crippen molar-refractivity contribution in [1.29, 1.82) is 0 Å². The predicted molar refractivity (Wildman–Crippen MR) is 106 cm³/mol. The Morgan fingerprint density at radius 3 is 2.85 bits per heavy atom. The molecule has 2 fully saturated rings. The standard InChI is InChI=1S/C20H31N3O3S/c1-16-6-2-3-13-23(16)27(25,26)19-9-4-8-18(14-19)20(24)22-12-10-17-7-5-11-21-15-17/h4,8-9,14,16-17,21H,2-3,5-7,10-13,15H2,1H3,(H,22,24). The van der Waals surface area contributed by atoms with E-state index in [1.54, 1.807) is 22.5 Å². The summed E-state index contributed by atoms with van der Waals surface area (Å²) in [6, 6.07) is 6.43. The number of hydrogen-bond acceptors (Lipinski definition) is 4. The van der Waals surface area contributed by atoms with Crippen LogP contribution in [-0.2, 0) is 10.0 Å².